The van der Waals surface area contributed by atoms with Crippen LogP contribution in [-0.2, 0) is 0 Å². The van der Waals surface area contributed by atoms with Gasteiger partial charge in [-0.15, -0.1) is 0 Å². The third kappa shape index (κ3) is 2.59. The first kappa shape index (κ1) is 12.7. The molecule has 0 aliphatic heterocycles. The minimum Gasteiger partial charge on any atom is -0.469 e. The van der Waals surface area contributed by atoms with Gasteiger partial charge in [0.2, 0.25) is 5.75 Å². The lowest BCUT2D eigenvalue weighted by Crippen LogP contribution is -2.10. The van der Waals surface area contributed by atoms with Crippen molar-refractivity contribution in [2.75, 3.05) is 0 Å². The Bertz CT molecular complexity index is 649. The van der Waals surface area contributed by atoms with Gasteiger partial charge in [-0.05, 0) is 19.1 Å². The van der Waals surface area contributed by atoms with E-state index in [0.717, 1.165) is 18.2 Å². The number of hydrogen-bond donors (Lipinski definition) is 0. The van der Waals surface area contributed by atoms with Crippen molar-refractivity contribution in [3.05, 3.63) is 57.8 Å². The minimum absolute atomic E-state index is 0.124. The molecule has 0 saturated heterocycles. The Labute approximate surface area is 106 Å². The molecule has 0 aliphatic carbocycles. The van der Waals surface area contributed by atoms with Crippen molar-refractivity contribution in [1.82, 2.24) is 0 Å². The number of rotatable bonds is 3. The highest BCUT2D eigenvalue weighted by Crippen LogP contribution is 2.28. The molecule has 98 valence electrons. The summed E-state index contributed by atoms with van der Waals surface area (Å²) >= 11 is 0. The average molecular weight is 265 g/mol. The predicted octanol–water partition coefficient (Wildman–Crippen LogP) is 2.85. The summed E-state index contributed by atoms with van der Waals surface area (Å²) in [4.78, 5) is 21.7. The molecule has 2 rings (SSSR count). The number of nitro benzene ring substituents is 1. The first-order valence-corrected chi connectivity index (χ1v) is 5.19. The molecule has 1 heterocycles. The van der Waals surface area contributed by atoms with Gasteiger partial charge < -0.3 is 9.15 Å². The monoisotopic (exact) mass is 265 g/mol. The lowest BCUT2D eigenvalue weighted by atomic mass is 10.2. The molecule has 0 N–H and O–H groups in total. The Morgan fingerprint density at radius 2 is 2.16 bits per heavy atom. The van der Waals surface area contributed by atoms with E-state index in [4.69, 9.17) is 9.15 Å². The molecule has 0 bridgehead atoms. The maximum absolute atomic E-state index is 13.1. The van der Waals surface area contributed by atoms with E-state index in [-0.39, 0.29) is 5.56 Å². The number of hydrogen-bond acceptors (Lipinski definition) is 5. The van der Waals surface area contributed by atoms with Crippen molar-refractivity contribution in [3.63, 3.8) is 0 Å². The van der Waals surface area contributed by atoms with E-state index in [1.54, 1.807) is 0 Å². The van der Waals surface area contributed by atoms with E-state index in [1.807, 2.05) is 0 Å². The number of esters is 1. The number of carbonyl (C=O) groups excluding carboxylic acids is 1. The fourth-order valence-corrected chi connectivity index (χ4v) is 1.47. The van der Waals surface area contributed by atoms with E-state index in [0.29, 0.717) is 5.76 Å². The van der Waals surface area contributed by atoms with Crippen molar-refractivity contribution >= 4 is 11.7 Å². The minimum atomic E-state index is -0.847. The number of aryl methyl sites for hydroxylation is 1. The van der Waals surface area contributed by atoms with Gasteiger partial charge in [-0.1, -0.05) is 0 Å². The second kappa shape index (κ2) is 4.89. The molecule has 0 amide bonds. The van der Waals surface area contributed by atoms with Crippen LogP contribution in [0.15, 0.2) is 34.9 Å². The normalized spacial score (nSPS) is 10.2. The molecule has 0 saturated carbocycles. The fourth-order valence-electron chi connectivity index (χ4n) is 1.47. The van der Waals surface area contributed by atoms with Crippen molar-refractivity contribution in [1.29, 1.82) is 0 Å². The quantitative estimate of drug-likeness (QED) is 0.369. The van der Waals surface area contributed by atoms with Gasteiger partial charge in [-0.3, -0.25) is 10.1 Å². The largest absolute Gasteiger partial charge is 0.469 e. The summed E-state index contributed by atoms with van der Waals surface area (Å²) in [7, 11) is 0. The van der Waals surface area contributed by atoms with E-state index in [2.05, 4.69) is 0 Å². The molecule has 1 aromatic heterocycles. The first-order chi connectivity index (χ1) is 8.99. The van der Waals surface area contributed by atoms with Gasteiger partial charge in [0.25, 0.3) is 0 Å². The van der Waals surface area contributed by atoms with Crippen LogP contribution in [0.5, 0.6) is 5.75 Å². The molecule has 2 aromatic rings. The molecule has 1 aromatic carbocycles. The molecule has 0 atom stereocenters. The van der Waals surface area contributed by atoms with Crippen molar-refractivity contribution in [2.24, 2.45) is 0 Å². The molecule has 0 fully saturated rings. The van der Waals surface area contributed by atoms with E-state index in [9.17, 15) is 19.3 Å². The maximum atomic E-state index is 13.1. The number of nitro groups is 1. The zero-order chi connectivity index (χ0) is 14.0. The molecule has 0 spiro atoms. The van der Waals surface area contributed by atoms with Crippen LogP contribution in [0.4, 0.5) is 10.1 Å². The molecule has 0 radical (unpaired) electrons. The number of nitrogens with zero attached hydrogens (tertiary/aromatic N) is 1. The topological polar surface area (TPSA) is 82.6 Å². The molecule has 0 unspecified atom stereocenters. The van der Waals surface area contributed by atoms with Crippen LogP contribution in [0.3, 0.4) is 0 Å². The summed E-state index contributed by atoms with van der Waals surface area (Å²) in [5, 5.41) is 10.7. The van der Waals surface area contributed by atoms with Crippen molar-refractivity contribution in [2.45, 2.75) is 6.92 Å². The van der Waals surface area contributed by atoms with E-state index >= 15 is 0 Å². The zero-order valence-corrected chi connectivity index (χ0v) is 9.75. The van der Waals surface area contributed by atoms with Crippen molar-refractivity contribution in [3.8, 4) is 5.75 Å². The van der Waals surface area contributed by atoms with Crippen LogP contribution in [0.1, 0.15) is 16.1 Å². The number of halogens is 1. The molecular formula is C12H8FNO5. The number of benzene rings is 1. The predicted molar refractivity (Wildman–Crippen MR) is 61.5 cm³/mol. The van der Waals surface area contributed by atoms with Crippen LogP contribution >= 0.6 is 0 Å². The van der Waals surface area contributed by atoms with Crippen LogP contribution < -0.4 is 4.74 Å². The van der Waals surface area contributed by atoms with Crippen molar-refractivity contribution < 1.29 is 23.3 Å². The lowest BCUT2D eigenvalue weighted by Gasteiger charge is -2.04. The molecule has 19 heavy (non-hydrogen) atoms. The molecule has 6 nitrogen and oxygen atoms in total. The Hall–Kier alpha value is -2.70. The van der Waals surface area contributed by atoms with Gasteiger partial charge in [0, 0.05) is 12.1 Å². The molecule has 0 aliphatic rings. The third-order valence-electron chi connectivity index (χ3n) is 2.40. The smallest absolute Gasteiger partial charge is 0.347 e. The van der Waals surface area contributed by atoms with E-state index < -0.39 is 28.1 Å². The first-order valence-electron chi connectivity index (χ1n) is 5.19. The summed E-state index contributed by atoms with van der Waals surface area (Å²) in [6.45, 7) is 1.54. The lowest BCUT2D eigenvalue weighted by molar-refractivity contribution is -0.385. The standard InChI is InChI=1S/C12H8FNO5/c1-7-9(4-5-18-7)12(15)19-11-6-8(13)2-3-10(11)14(16)17/h2-6H,1H3. The van der Waals surface area contributed by atoms with E-state index in [1.165, 1.54) is 19.3 Å². The van der Waals surface area contributed by atoms with Crippen LogP contribution in [0.2, 0.25) is 0 Å². The van der Waals surface area contributed by atoms with Crippen LogP contribution in [0.25, 0.3) is 0 Å². The second-order valence-electron chi connectivity index (χ2n) is 3.65. The molecular weight excluding hydrogens is 257 g/mol. The van der Waals surface area contributed by atoms with Gasteiger partial charge >= 0.3 is 11.7 Å². The SMILES string of the molecule is Cc1occc1C(=O)Oc1cc(F)ccc1[N+](=O)[O-]. The van der Waals surface area contributed by atoms with Gasteiger partial charge in [0.05, 0.1) is 11.2 Å². The Balaban J connectivity index is 2.33. The Morgan fingerprint density at radius 3 is 2.74 bits per heavy atom. The summed E-state index contributed by atoms with van der Waals surface area (Å²) in [6, 6.07) is 3.99. The number of carbonyl (C=O) groups is 1. The Kier molecular flexibility index (Phi) is 3.28. The fraction of sp³-hybridized carbons (Fsp3) is 0.0833. The summed E-state index contributed by atoms with van der Waals surface area (Å²) in [6.07, 6.45) is 1.28. The molecule has 7 heteroatoms. The third-order valence-corrected chi connectivity index (χ3v) is 2.40. The highest BCUT2D eigenvalue weighted by Gasteiger charge is 2.21. The average Bonchev–Trinajstić information content (AvgIpc) is 2.75. The summed E-state index contributed by atoms with van der Waals surface area (Å²) in [5.41, 5.74) is -0.366. The second-order valence-corrected chi connectivity index (χ2v) is 3.65. The van der Waals surface area contributed by atoms with Gasteiger partial charge in [-0.2, -0.15) is 0 Å². The summed E-state index contributed by atoms with van der Waals surface area (Å²) < 4.78 is 22.8. The number of ether oxygens (including phenoxy) is 1. The number of furan rings is 1. The summed E-state index contributed by atoms with van der Waals surface area (Å²) in [5.74, 6) is -1.73. The highest BCUT2D eigenvalue weighted by molar-refractivity contribution is 5.92. The van der Waals surface area contributed by atoms with Gasteiger partial charge in [0.15, 0.2) is 0 Å². The zero-order valence-electron chi connectivity index (χ0n) is 9.75. The van der Waals surface area contributed by atoms with Crippen LogP contribution in [0, 0.1) is 22.9 Å². The van der Waals surface area contributed by atoms with Crippen LogP contribution in [-0.4, -0.2) is 10.9 Å². The Morgan fingerprint density at radius 1 is 1.42 bits per heavy atom. The van der Waals surface area contributed by atoms with Gasteiger partial charge in [0.1, 0.15) is 17.1 Å². The maximum Gasteiger partial charge on any atom is 0.347 e. The highest BCUT2D eigenvalue weighted by atomic mass is 19.1. The van der Waals surface area contributed by atoms with Gasteiger partial charge in [-0.25, -0.2) is 9.18 Å².